The molecule has 1 aliphatic carbocycles. The van der Waals surface area contributed by atoms with Crippen molar-refractivity contribution in [3.63, 3.8) is 0 Å². The van der Waals surface area contributed by atoms with Crippen LogP contribution in [0.5, 0.6) is 0 Å². The second kappa shape index (κ2) is 6.16. The lowest BCUT2D eigenvalue weighted by Gasteiger charge is -2.32. The Morgan fingerprint density at radius 1 is 1.42 bits per heavy atom. The number of hydrogen-bond acceptors (Lipinski definition) is 5. The maximum atomic E-state index is 11.7. The maximum Gasteiger partial charge on any atom is 0.328 e. The molecule has 1 heterocycles. The molecule has 0 aromatic heterocycles. The number of carbonyl (C=O) groups excluding carboxylic acids is 1. The van der Waals surface area contributed by atoms with Crippen LogP contribution < -0.4 is 5.32 Å². The molecule has 1 aliphatic heterocycles. The first-order chi connectivity index (χ1) is 9.06. The number of nitrogens with zero attached hydrogens (tertiary/aromatic N) is 1. The number of thioether (sulfide) groups is 1. The fourth-order valence-corrected chi connectivity index (χ4v) is 4.01. The Hall–Kier alpha value is -0.710. The highest BCUT2D eigenvalue weighted by Gasteiger charge is 2.37. The lowest BCUT2D eigenvalue weighted by Crippen LogP contribution is -2.46. The Morgan fingerprint density at radius 3 is 2.58 bits per heavy atom. The van der Waals surface area contributed by atoms with Crippen LogP contribution in [-0.4, -0.2) is 36.6 Å². The van der Waals surface area contributed by atoms with Gasteiger partial charge in [0.15, 0.2) is 5.17 Å². The molecule has 1 fully saturated rings. The smallest absolute Gasteiger partial charge is 0.328 e. The van der Waals surface area contributed by atoms with Gasteiger partial charge in [0.05, 0.1) is 7.11 Å². The molecule has 1 saturated carbocycles. The van der Waals surface area contributed by atoms with Gasteiger partial charge in [-0.05, 0) is 24.2 Å². The van der Waals surface area contributed by atoms with Crippen LogP contribution in [0.4, 0.5) is 0 Å². The first kappa shape index (κ1) is 14.7. The summed E-state index contributed by atoms with van der Waals surface area (Å²) in [5, 5.41) is 4.16. The molecule has 1 spiro atoms. The van der Waals surface area contributed by atoms with Gasteiger partial charge >= 0.3 is 5.97 Å². The molecule has 0 saturated heterocycles. The molecule has 0 aromatic carbocycles. The molecule has 5 heteroatoms. The fourth-order valence-electron chi connectivity index (χ4n) is 2.82. The van der Waals surface area contributed by atoms with Gasteiger partial charge in [-0.15, -0.1) is 0 Å². The molecule has 1 atom stereocenters. The molecule has 0 aromatic rings. The van der Waals surface area contributed by atoms with Gasteiger partial charge in [0.1, 0.15) is 6.04 Å². The molecule has 1 unspecified atom stereocenters. The molecule has 0 amide bonds. The molecular formula is C14H24N2O2S. The van der Waals surface area contributed by atoms with Gasteiger partial charge in [-0.25, -0.2) is 4.79 Å². The lowest BCUT2D eigenvalue weighted by atomic mass is 9.89. The van der Waals surface area contributed by atoms with E-state index in [1.54, 1.807) is 11.8 Å². The van der Waals surface area contributed by atoms with Crippen LogP contribution in [0.2, 0.25) is 0 Å². The topological polar surface area (TPSA) is 50.7 Å². The number of esters is 1. The Labute approximate surface area is 119 Å². The summed E-state index contributed by atoms with van der Waals surface area (Å²) in [4.78, 5) is 16.4. The number of rotatable bonds is 3. The van der Waals surface area contributed by atoms with Crippen LogP contribution in [-0.2, 0) is 9.53 Å². The van der Waals surface area contributed by atoms with Gasteiger partial charge in [0.2, 0.25) is 0 Å². The van der Waals surface area contributed by atoms with E-state index in [0.717, 1.165) is 17.5 Å². The Kier molecular flexibility index (Phi) is 4.76. The van der Waals surface area contributed by atoms with Crippen molar-refractivity contribution >= 4 is 22.9 Å². The minimum absolute atomic E-state index is 0.193. The fraction of sp³-hybridized carbons (Fsp3) is 0.857. The predicted molar refractivity (Wildman–Crippen MR) is 79.4 cm³/mol. The SMILES string of the molecule is COC(=O)C(NC1=NCC2(CCCC2)CS1)C(C)C. The molecule has 0 radical (unpaired) electrons. The molecule has 1 N–H and O–H groups in total. The van der Waals surface area contributed by atoms with Gasteiger partial charge in [-0.2, -0.15) is 0 Å². The van der Waals surface area contributed by atoms with Gasteiger partial charge in [-0.3, -0.25) is 4.99 Å². The van der Waals surface area contributed by atoms with Gasteiger partial charge < -0.3 is 10.1 Å². The average Bonchev–Trinajstić information content (AvgIpc) is 2.85. The highest BCUT2D eigenvalue weighted by atomic mass is 32.2. The normalized spacial score (nSPS) is 23.3. The van der Waals surface area contributed by atoms with Crippen molar-refractivity contribution < 1.29 is 9.53 Å². The summed E-state index contributed by atoms with van der Waals surface area (Å²) in [6, 6.07) is -0.297. The molecule has 0 bridgehead atoms. The van der Waals surface area contributed by atoms with Crippen molar-refractivity contribution in [2.45, 2.75) is 45.6 Å². The molecule has 4 nitrogen and oxygen atoms in total. The van der Waals surface area contributed by atoms with Crippen molar-refractivity contribution in [3.05, 3.63) is 0 Å². The summed E-state index contributed by atoms with van der Waals surface area (Å²) in [5.41, 5.74) is 0.439. The highest BCUT2D eigenvalue weighted by Crippen LogP contribution is 2.43. The Bertz CT molecular complexity index is 362. The van der Waals surface area contributed by atoms with Crippen molar-refractivity contribution in [1.29, 1.82) is 0 Å². The minimum atomic E-state index is -0.297. The minimum Gasteiger partial charge on any atom is -0.467 e. The van der Waals surface area contributed by atoms with Crippen molar-refractivity contribution in [1.82, 2.24) is 5.32 Å². The number of carbonyl (C=O) groups is 1. The number of ether oxygens (including phenoxy) is 1. The largest absolute Gasteiger partial charge is 0.467 e. The van der Waals surface area contributed by atoms with Crippen molar-refractivity contribution in [2.75, 3.05) is 19.4 Å². The van der Waals surface area contributed by atoms with Crippen molar-refractivity contribution in [2.24, 2.45) is 16.3 Å². The molecular weight excluding hydrogens is 260 g/mol. The monoisotopic (exact) mass is 284 g/mol. The third-order valence-electron chi connectivity index (χ3n) is 4.14. The summed E-state index contributed by atoms with van der Waals surface area (Å²) in [5.74, 6) is 1.11. The van der Waals surface area contributed by atoms with E-state index < -0.39 is 0 Å². The van der Waals surface area contributed by atoms with Crippen LogP contribution in [0.15, 0.2) is 4.99 Å². The highest BCUT2D eigenvalue weighted by molar-refractivity contribution is 8.13. The lowest BCUT2D eigenvalue weighted by molar-refractivity contribution is -0.143. The maximum absolute atomic E-state index is 11.7. The van der Waals surface area contributed by atoms with Crippen molar-refractivity contribution in [3.8, 4) is 0 Å². The third kappa shape index (κ3) is 3.44. The average molecular weight is 284 g/mol. The van der Waals surface area contributed by atoms with Gasteiger partial charge in [0.25, 0.3) is 0 Å². The second-order valence-electron chi connectivity index (χ2n) is 6.01. The van der Waals surface area contributed by atoms with Crippen LogP contribution in [0, 0.1) is 11.3 Å². The van der Waals surface area contributed by atoms with E-state index in [1.807, 2.05) is 13.8 Å². The van der Waals surface area contributed by atoms with E-state index in [-0.39, 0.29) is 17.9 Å². The first-order valence-corrected chi connectivity index (χ1v) is 8.06. The van der Waals surface area contributed by atoms with Crippen LogP contribution in [0.3, 0.4) is 0 Å². The predicted octanol–water partition coefficient (Wildman–Crippen LogP) is 2.44. The van der Waals surface area contributed by atoms with E-state index in [1.165, 1.54) is 32.8 Å². The molecule has 108 valence electrons. The van der Waals surface area contributed by atoms with Gasteiger partial charge in [0, 0.05) is 12.3 Å². The van der Waals surface area contributed by atoms with E-state index in [9.17, 15) is 4.79 Å². The van der Waals surface area contributed by atoms with E-state index in [4.69, 9.17) is 4.74 Å². The Morgan fingerprint density at radius 2 is 2.11 bits per heavy atom. The zero-order valence-corrected chi connectivity index (χ0v) is 12.9. The summed E-state index contributed by atoms with van der Waals surface area (Å²) in [6.07, 6.45) is 5.30. The van der Waals surface area contributed by atoms with Gasteiger partial charge in [-0.1, -0.05) is 38.5 Å². The third-order valence-corrected chi connectivity index (χ3v) is 5.42. The standard InChI is InChI=1S/C14H24N2O2S/c1-10(2)11(12(17)18-3)16-13-15-8-14(9-19-13)6-4-5-7-14/h10-11H,4-9H2,1-3H3,(H,15,16). The summed E-state index contributed by atoms with van der Waals surface area (Å²) >= 11 is 1.76. The van der Waals surface area contributed by atoms with Crippen LogP contribution >= 0.6 is 11.8 Å². The van der Waals surface area contributed by atoms with E-state index >= 15 is 0 Å². The second-order valence-corrected chi connectivity index (χ2v) is 6.97. The summed E-state index contributed by atoms with van der Waals surface area (Å²) in [6.45, 7) is 4.94. The quantitative estimate of drug-likeness (QED) is 0.809. The number of nitrogens with one attached hydrogen (secondary N) is 1. The van der Waals surface area contributed by atoms with E-state index in [0.29, 0.717) is 5.41 Å². The van der Waals surface area contributed by atoms with E-state index in [2.05, 4.69) is 10.3 Å². The molecule has 19 heavy (non-hydrogen) atoms. The zero-order chi connectivity index (χ0) is 13.9. The molecule has 2 rings (SSSR count). The van der Waals surface area contributed by atoms with Crippen LogP contribution in [0.1, 0.15) is 39.5 Å². The number of methoxy groups -OCH3 is 1. The number of hydrogen-bond donors (Lipinski definition) is 1. The summed E-state index contributed by atoms with van der Waals surface area (Å²) in [7, 11) is 1.43. The van der Waals surface area contributed by atoms with Crippen LogP contribution in [0.25, 0.3) is 0 Å². The first-order valence-electron chi connectivity index (χ1n) is 7.08. The summed E-state index contributed by atoms with van der Waals surface area (Å²) < 4.78 is 4.84. The zero-order valence-electron chi connectivity index (χ0n) is 12.1. The Balaban J connectivity index is 1.95. The molecule has 2 aliphatic rings. The number of aliphatic imine (C=N–C) groups is 1. The number of amidine groups is 1.